The number of aromatic nitrogens is 2. The van der Waals surface area contributed by atoms with E-state index in [0.717, 1.165) is 16.7 Å². The first-order valence-corrected chi connectivity index (χ1v) is 9.20. The normalized spacial score (nSPS) is 19.8. The standard InChI is InChI=1S/C16H18N2O4S/c1-10-3-4-12(7-11(10)2)15-8-14(16(19)20)17-18(15)13-5-6-23(21,22)9-13/h3-4,7-8,13H,5-6,9H2,1-2H3,(H,19,20)/t13-/m1/s1. The minimum Gasteiger partial charge on any atom is -0.476 e. The molecule has 6 nitrogen and oxygen atoms in total. The van der Waals surface area contributed by atoms with E-state index in [9.17, 15) is 18.3 Å². The highest BCUT2D eigenvalue weighted by molar-refractivity contribution is 7.91. The minimum atomic E-state index is -3.08. The summed E-state index contributed by atoms with van der Waals surface area (Å²) in [5, 5.41) is 13.4. The summed E-state index contributed by atoms with van der Waals surface area (Å²) >= 11 is 0. The van der Waals surface area contributed by atoms with Crippen LogP contribution in [-0.4, -0.2) is 40.8 Å². The third-order valence-corrected chi connectivity index (χ3v) is 6.06. The van der Waals surface area contributed by atoms with E-state index in [1.807, 2.05) is 32.0 Å². The molecule has 1 aliphatic heterocycles. The van der Waals surface area contributed by atoms with Crippen molar-refractivity contribution in [1.82, 2.24) is 9.78 Å². The van der Waals surface area contributed by atoms with Gasteiger partial charge in [0.2, 0.25) is 0 Å². The molecule has 0 spiro atoms. The van der Waals surface area contributed by atoms with Crippen molar-refractivity contribution in [3.63, 3.8) is 0 Å². The van der Waals surface area contributed by atoms with Gasteiger partial charge >= 0.3 is 5.97 Å². The molecule has 1 aromatic carbocycles. The molecule has 0 radical (unpaired) electrons. The second-order valence-corrected chi connectivity index (χ2v) is 8.25. The molecule has 0 saturated carbocycles. The number of nitrogens with zero attached hydrogens (tertiary/aromatic N) is 2. The average Bonchev–Trinajstić information content (AvgIpc) is 3.05. The SMILES string of the molecule is Cc1ccc(-c2cc(C(=O)O)nn2[C@@H]2CCS(=O)(=O)C2)cc1C. The number of aromatic carboxylic acids is 1. The van der Waals surface area contributed by atoms with E-state index in [1.165, 1.54) is 6.07 Å². The minimum absolute atomic E-state index is 0.00554. The molecule has 0 aliphatic carbocycles. The lowest BCUT2D eigenvalue weighted by Crippen LogP contribution is -2.14. The maximum Gasteiger partial charge on any atom is 0.356 e. The number of sulfone groups is 1. The Hall–Kier alpha value is -2.15. The molecular formula is C16H18N2O4S. The molecule has 23 heavy (non-hydrogen) atoms. The van der Waals surface area contributed by atoms with Crippen molar-refractivity contribution in [2.45, 2.75) is 26.3 Å². The molecule has 0 unspecified atom stereocenters. The summed E-state index contributed by atoms with van der Waals surface area (Å²) < 4.78 is 25.1. The molecule has 7 heteroatoms. The van der Waals surface area contributed by atoms with Crippen molar-refractivity contribution in [2.75, 3.05) is 11.5 Å². The number of hydrogen-bond donors (Lipinski definition) is 1. The van der Waals surface area contributed by atoms with Gasteiger partial charge in [-0.15, -0.1) is 0 Å². The van der Waals surface area contributed by atoms with E-state index in [0.29, 0.717) is 12.1 Å². The maximum absolute atomic E-state index is 11.7. The van der Waals surface area contributed by atoms with Gasteiger partial charge in [0.15, 0.2) is 15.5 Å². The Morgan fingerprint density at radius 3 is 2.57 bits per heavy atom. The first kappa shape index (κ1) is 15.7. The summed E-state index contributed by atoms with van der Waals surface area (Å²) in [6.45, 7) is 3.99. The largest absolute Gasteiger partial charge is 0.476 e. The third kappa shape index (κ3) is 3.01. The summed E-state index contributed by atoms with van der Waals surface area (Å²) in [5.74, 6) is -0.993. The van der Waals surface area contributed by atoms with E-state index in [2.05, 4.69) is 5.10 Å². The second kappa shape index (κ2) is 5.49. The van der Waals surface area contributed by atoms with Gasteiger partial charge in [-0.25, -0.2) is 13.2 Å². The van der Waals surface area contributed by atoms with Crippen molar-refractivity contribution in [2.24, 2.45) is 0 Å². The zero-order valence-electron chi connectivity index (χ0n) is 13.0. The van der Waals surface area contributed by atoms with Crippen molar-refractivity contribution in [1.29, 1.82) is 0 Å². The molecule has 1 atom stereocenters. The maximum atomic E-state index is 11.7. The van der Waals surface area contributed by atoms with E-state index >= 15 is 0 Å². The van der Waals surface area contributed by atoms with Crippen LogP contribution in [0.1, 0.15) is 34.1 Å². The monoisotopic (exact) mass is 334 g/mol. The molecule has 0 amide bonds. The number of hydrogen-bond acceptors (Lipinski definition) is 4. The lowest BCUT2D eigenvalue weighted by atomic mass is 10.0. The summed E-state index contributed by atoms with van der Waals surface area (Å²) in [6, 6.07) is 7.04. The highest BCUT2D eigenvalue weighted by Gasteiger charge is 2.32. The van der Waals surface area contributed by atoms with Crippen LogP contribution in [-0.2, 0) is 9.84 Å². The van der Waals surface area contributed by atoms with E-state index in [-0.39, 0.29) is 23.2 Å². The molecule has 2 heterocycles. The number of carboxylic acid groups (broad SMARTS) is 1. The first-order chi connectivity index (χ1) is 10.8. The topological polar surface area (TPSA) is 89.3 Å². The zero-order chi connectivity index (χ0) is 16.8. The smallest absolute Gasteiger partial charge is 0.356 e. The number of rotatable bonds is 3. The highest BCUT2D eigenvalue weighted by atomic mass is 32.2. The molecule has 1 N–H and O–H groups in total. The average molecular weight is 334 g/mol. The fourth-order valence-electron chi connectivity index (χ4n) is 2.86. The van der Waals surface area contributed by atoms with Gasteiger partial charge in [0.05, 0.1) is 23.2 Å². The van der Waals surface area contributed by atoms with Crippen LogP contribution in [0.15, 0.2) is 24.3 Å². The van der Waals surface area contributed by atoms with Crippen LogP contribution < -0.4 is 0 Å². The molecule has 1 aliphatic rings. The molecule has 122 valence electrons. The van der Waals surface area contributed by atoms with Crippen LogP contribution in [0, 0.1) is 13.8 Å². The second-order valence-electron chi connectivity index (χ2n) is 6.02. The highest BCUT2D eigenvalue weighted by Crippen LogP contribution is 2.30. The lowest BCUT2D eigenvalue weighted by Gasteiger charge is -2.14. The van der Waals surface area contributed by atoms with Crippen LogP contribution in [0.4, 0.5) is 0 Å². The summed E-state index contributed by atoms with van der Waals surface area (Å²) in [6.07, 6.45) is 0.459. The number of aryl methyl sites for hydroxylation is 2. The van der Waals surface area contributed by atoms with Gasteiger partial charge in [0.1, 0.15) is 0 Å². The number of carboxylic acids is 1. The van der Waals surface area contributed by atoms with Gasteiger partial charge in [-0.05, 0) is 43.5 Å². The van der Waals surface area contributed by atoms with Gasteiger partial charge < -0.3 is 5.11 Å². The fraction of sp³-hybridized carbons (Fsp3) is 0.375. The Kier molecular flexibility index (Phi) is 3.75. The Bertz CT molecular complexity index is 883. The third-order valence-electron chi connectivity index (χ3n) is 4.31. The quantitative estimate of drug-likeness (QED) is 0.929. The fourth-order valence-corrected chi connectivity index (χ4v) is 4.55. The van der Waals surface area contributed by atoms with E-state index < -0.39 is 15.8 Å². The number of carbonyl (C=O) groups is 1. The predicted molar refractivity (Wildman–Crippen MR) is 86.4 cm³/mol. The Morgan fingerprint density at radius 1 is 1.26 bits per heavy atom. The van der Waals surface area contributed by atoms with Gasteiger partial charge in [-0.1, -0.05) is 12.1 Å². The van der Waals surface area contributed by atoms with Gasteiger partial charge in [0.25, 0.3) is 0 Å². The Balaban J connectivity index is 2.11. The van der Waals surface area contributed by atoms with Crippen LogP contribution in [0.25, 0.3) is 11.3 Å². The van der Waals surface area contributed by atoms with Gasteiger partial charge in [-0.2, -0.15) is 5.10 Å². The van der Waals surface area contributed by atoms with Crippen LogP contribution in [0.5, 0.6) is 0 Å². The molecule has 2 aromatic rings. The van der Waals surface area contributed by atoms with Crippen molar-refractivity contribution in [3.8, 4) is 11.3 Å². The van der Waals surface area contributed by atoms with Crippen molar-refractivity contribution in [3.05, 3.63) is 41.1 Å². The van der Waals surface area contributed by atoms with E-state index in [1.54, 1.807) is 4.68 Å². The molecular weight excluding hydrogens is 316 g/mol. The van der Waals surface area contributed by atoms with Crippen LogP contribution in [0.3, 0.4) is 0 Å². The first-order valence-electron chi connectivity index (χ1n) is 7.38. The predicted octanol–water partition coefficient (Wildman–Crippen LogP) is 2.22. The van der Waals surface area contributed by atoms with Crippen LogP contribution >= 0.6 is 0 Å². The zero-order valence-corrected chi connectivity index (χ0v) is 13.8. The molecule has 1 aromatic heterocycles. The van der Waals surface area contributed by atoms with Crippen LogP contribution in [0.2, 0.25) is 0 Å². The summed E-state index contributed by atoms with van der Waals surface area (Å²) in [4.78, 5) is 11.3. The van der Waals surface area contributed by atoms with Crippen molar-refractivity contribution >= 4 is 15.8 Å². The number of benzene rings is 1. The molecule has 1 fully saturated rings. The molecule has 0 bridgehead atoms. The van der Waals surface area contributed by atoms with Gasteiger partial charge in [0, 0.05) is 5.56 Å². The summed E-state index contributed by atoms with van der Waals surface area (Å²) in [7, 11) is -3.08. The van der Waals surface area contributed by atoms with Gasteiger partial charge in [-0.3, -0.25) is 4.68 Å². The Labute approximate surface area is 134 Å². The molecule has 3 rings (SSSR count). The van der Waals surface area contributed by atoms with Crippen molar-refractivity contribution < 1.29 is 18.3 Å². The Morgan fingerprint density at radius 2 is 2.00 bits per heavy atom. The summed E-state index contributed by atoms with van der Waals surface area (Å²) in [5.41, 5.74) is 3.65. The molecule has 1 saturated heterocycles. The lowest BCUT2D eigenvalue weighted by molar-refractivity contribution is 0.0689. The van der Waals surface area contributed by atoms with E-state index in [4.69, 9.17) is 0 Å².